The lowest BCUT2D eigenvalue weighted by Gasteiger charge is -2.08. The lowest BCUT2D eigenvalue weighted by molar-refractivity contribution is 0.158. The molecule has 1 aliphatic carbocycles. The molecule has 0 aromatic rings. The predicted molar refractivity (Wildman–Crippen MR) is 58.1 cm³/mol. The second kappa shape index (κ2) is 6.02. The first-order valence-corrected chi connectivity index (χ1v) is 6.69. The molecule has 0 heterocycles. The number of ether oxygens (including phenoxy) is 1. The van der Waals surface area contributed by atoms with Gasteiger partial charge in [-0.15, -0.1) is 0 Å². The molecule has 1 fully saturated rings. The number of carbonyl (C=O) groups excluding carboxylic acids is 1. The highest BCUT2D eigenvalue weighted by atomic mass is 32.2. The highest BCUT2D eigenvalue weighted by Gasteiger charge is 2.20. The van der Waals surface area contributed by atoms with Crippen LogP contribution in [0.2, 0.25) is 0 Å². The van der Waals surface area contributed by atoms with Crippen molar-refractivity contribution < 1.29 is 17.9 Å². The minimum atomic E-state index is -3.80. The van der Waals surface area contributed by atoms with E-state index in [2.05, 4.69) is 14.8 Å². The van der Waals surface area contributed by atoms with Crippen molar-refractivity contribution in [1.29, 1.82) is 0 Å². The van der Waals surface area contributed by atoms with Gasteiger partial charge in [-0.05, 0) is 19.8 Å². The number of amides is 1. The van der Waals surface area contributed by atoms with Crippen LogP contribution in [0.4, 0.5) is 4.79 Å². The molecule has 0 spiro atoms. The summed E-state index contributed by atoms with van der Waals surface area (Å²) >= 11 is 0. The summed E-state index contributed by atoms with van der Waals surface area (Å²) in [5, 5.41) is 3.14. The Kier molecular flexibility index (Phi) is 4.97. The zero-order chi connectivity index (χ0) is 12.0. The van der Waals surface area contributed by atoms with Crippen LogP contribution in [0, 0.1) is 0 Å². The third-order valence-electron chi connectivity index (χ3n) is 1.92. The van der Waals surface area contributed by atoms with E-state index < -0.39 is 16.3 Å². The zero-order valence-corrected chi connectivity index (χ0v) is 9.97. The molecule has 0 aromatic carbocycles. The molecule has 0 aromatic heterocycles. The lowest BCUT2D eigenvalue weighted by Crippen LogP contribution is -2.43. The van der Waals surface area contributed by atoms with Gasteiger partial charge in [-0.1, -0.05) is 0 Å². The topological polar surface area (TPSA) is 96.5 Å². The number of rotatable bonds is 7. The van der Waals surface area contributed by atoms with Gasteiger partial charge in [-0.2, -0.15) is 13.1 Å². The maximum Gasteiger partial charge on any atom is 0.421 e. The fourth-order valence-corrected chi connectivity index (χ4v) is 1.78. The van der Waals surface area contributed by atoms with Crippen molar-refractivity contribution in [2.24, 2.45) is 0 Å². The SMILES string of the molecule is CCOC(=O)NS(=O)(=O)NCCNC1CC1. The summed E-state index contributed by atoms with van der Waals surface area (Å²) < 4.78 is 30.9. The highest BCUT2D eigenvalue weighted by Crippen LogP contribution is 2.17. The fraction of sp³-hybridized carbons (Fsp3) is 0.875. The minimum absolute atomic E-state index is 0.130. The number of hydrogen-bond acceptors (Lipinski definition) is 5. The van der Waals surface area contributed by atoms with E-state index in [1.807, 2.05) is 0 Å². The molecule has 0 atom stereocenters. The highest BCUT2D eigenvalue weighted by molar-refractivity contribution is 7.88. The van der Waals surface area contributed by atoms with Gasteiger partial charge in [-0.25, -0.2) is 9.52 Å². The zero-order valence-electron chi connectivity index (χ0n) is 9.15. The van der Waals surface area contributed by atoms with E-state index in [1.54, 1.807) is 11.6 Å². The Morgan fingerprint density at radius 2 is 2.06 bits per heavy atom. The van der Waals surface area contributed by atoms with Crippen molar-refractivity contribution in [3.63, 3.8) is 0 Å². The molecule has 8 heteroatoms. The molecule has 7 nitrogen and oxygen atoms in total. The molecular weight excluding hydrogens is 234 g/mol. The summed E-state index contributed by atoms with van der Waals surface area (Å²) in [6.45, 7) is 2.52. The molecule has 0 saturated heterocycles. The van der Waals surface area contributed by atoms with Crippen LogP contribution in [0.15, 0.2) is 0 Å². The molecule has 1 rings (SSSR count). The van der Waals surface area contributed by atoms with Gasteiger partial charge >= 0.3 is 16.3 Å². The van der Waals surface area contributed by atoms with Crippen LogP contribution in [0.1, 0.15) is 19.8 Å². The molecule has 16 heavy (non-hydrogen) atoms. The van der Waals surface area contributed by atoms with Crippen molar-refractivity contribution in [2.45, 2.75) is 25.8 Å². The van der Waals surface area contributed by atoms with Crippen molar-refractivity contribution in [3.05, 3.63) is 0 Å². The second-order valence-electron chi connectivity index (χ2n) is 3.45. The minimum Gasteiger partial charge on any atom is -0.449 e. The standard InChI is InChI=1S/C8H17N3O4S/c1-2-15-8(12)11-16(13,14)10-6-5-9-7-3-4-7/h7,9-10H,2-6H2,1H3,(H,11,12). The molecular formula is C8H17N3O4S. The first-order chi connectivity index (χ1) is 7.53. The molecule has 0 unspecified atom stereocenters. The number of nitrogens with one attached hydrogen (secondary N) is 3. The molecule has 1 aliphatic rings. The first-order valence-electron chi connectivity index (χ1n) is 5.21. The van der Waals surface area contributed by atoms with Crippen LogP contribution < -0.4 is 14.8 Å². The Hall–Kier alpha value is -0.860. The van der Waals surface area contributed by atoms with Gasteiger partial charge in [0.1, 0.15) is 0 Å². The second-order valence-corrected chi connectivity index (χ2v) is 4.95. The van der Waals surface area contributed by atoms with Crippen molar-refractivity contribution in [2.75, 3.05) is 19.7 Å². The number of carbonyl (C=O) groups is 1. The molecule has 0 aliphatic heterocycles. The lowest BCUT2D eigenvalue weighted by atomic mass is 10.6. The van der Waals surface area contributed by atoms with Crippen molar-refractivity contribution >= 4 is 16.3 Å². The van der Waals surface area contributed by atoms with E-state index in [9.17, 15) is 13.2 Å². The summed E-state index contributed by atoms with van der Waals surface area (Å²) in [6, 6.07) is 0.530. The largest absolute Gasteiger partial charge is 0.449 e. The Morgan fingerprint density at radius 3 is 2.62 bits per heavy atom. The average Bonchev–Trinajstić information content (AvgIpc) is 2.95. The van der Waals surface area contributed by atoms with Gasteiger partial charge in [-0.3, -0.25) is 0 Å². The quantitative estimate of drug-likeness (QED) is 0.521. The van der Waals surface area contributed by atoms with Gasteiger partial charge in [0.25, 0.3) is 0 Å². The summed E-state index contributed by atoms with van der Waals surface area (Å²) in [4.78, 5) is 10.8. The monoisotopic (exact) mass is 251 g/mol. The van der Waals surface area contributed by atoms with Gasteiger partial charge in [0.2, 0.25) is 0 Å². The van der Waals surface area contributed by atoms with E-state index in [-0.39, 0.29) is 13.2 Å². The van der Waals surface area contributed by atoms with Gasteiger partial charge in [0.05, 0.1) is 6.61 Å². The van der Waals surface area contributed by atoms with Crippen LogP contribution in [0.3, 0.4) is 0 Å². The van der Waals surface area contributed by atoms with Crippen molar-refractivity contribution in [3.8, 4) is 0 Å². The Labute approximate surface area is 95.1 Å². The fourth-order valence-electron chi connectivity index (χ4n) is 1.06. The average molecular weight is 251 g/mol. The van der Waals surface area contributed by atoms with Crippen LogP contribution in [0.5, 0.6) is 0 Å². The Bertz CT molecular complexity index is 326. The van der Waals surface area contributed by atoms with Gasteiger partial charge in [0.15, 0.2) is 0 Å². The van der Waals surface area contributed by atoms with E-state index in [0.717, 1.165) is 12.8 Å². The van der Waals surface area contributed by atoms with E-state index in [1.165, 1.54) is 0 Å². The van der Waals surface area contributed by atoms with Crippen LogP contribution in [0.25, 0.3) is 0 Å². The van der Waals surface area contributed by atoms with E-state index in [4.69, 9.17) is 0 Å². The first kappa shape index (κ1) is 13.2. The van der Waals surface area contributed by atoms with E-state index in [0.29, 0.717) is 12.6 Å². The molecule has 0 radical (unpaired) electrons. The predicted octanol–water partition coefficient (Wildman–Crippen LogP) is -0.681. The summed E-state index contributed by atoms with van der Waals surface area (Å²) in [6.07, 6.45) is 1.33. The molecule has 0 bridgehead atoms. The van der Waals surface area contributed by atoms with Crippen LogP contribution >= 0.6 is 0 Å². The smallest absolute Gasteiger partial charge is 0.421 e. The summed E-state index contributed by atoms with van der Waals surface area (Å²) in [5.41, 5.74) is 0. The maximum absolute atomic E-state index is 11.2. The maximum atomic E-state index is 11.2. The normalized spacial score (nSPS) is 15.8. The van der Waals surface area contributed by atoms with Crippen LogP contribution in [-0.4, -0.2) is 40.2 Å². The van der Waals surface area contributed by atoms with Crippen LogP contribution in [-0.2, 0) is 14.9 Å². The number of hydrogen-bond donors (Lipinski definition) is 3. The summed E-state index contributed by atoms with van der Waals surface area (Å²) in [7, 11) is -3.80. The third kappa shape index (κ3) is 5.89. The van der Waals surface area contributed by atoms with Crippen molar-refractivity contribution in [1.82, 2.24) is 14.8 Å². The molecule has 94 valence electrons. The Morgan fingerprint density at radius 1 is 1.38 bits per heavy atom. The molecule has 1 amide bonds. The summed E-state index contributed by atoms with van der Waals surface area (Å²) in [5.74, 6) is 0. The van der Waals surface area contributed by atoms with Gasteiger partial charge < -0.3 is 10.1 Å². The molecule has 1 saturated carbocycles. The Balaban J connectivity index is 2.14. The molecule has 3 N–H and O–H groups in total. The van der Waals surface area contributed by atoms with Gasteiger partial charge in [0, 0.05) is 19.1 Å². The van der Waals surface area contributed by atoms with E-state index >= 15 is 0 Å². The third-order valence-corrected chi connectivity index (χ3v) is 2.94.